The number of carbonyl (C=O) groups is 5. The minimum Gasteiger partial charge on any atom is -0.477 e. The van der Waals surface area contributed by atoms with Gasteiger partial charge in [0.25, 0.3) is 5.79 Å². The van der Waals surface area contributed by atoms with E-state index >= 15 is 0 Å². The Kier molecular flexibility index (Phi) is 40.1. The van der Waals surface area contributed by atoms with Gasteiger partial charge in [0.2, 0.25) is 23.6 Å². The molecule has 0 aromatic heterocycles. The van der Waals surface area contributed by atoms with Gasteiger partial charge in [-0.1, -0.05) is 0 Å². The molecule has 11 saturated heterocycles. The first kappa shape index (κ1) is 114. The van der Waals surface area contributed by atoms with Crippen LogP contribution in [0.25, 0.3) is 0 Å². The van der Waals surface area contributed by atoms with E-state index in [0.717, 1.165) is 34.6 Å². The lowest BCUT2D eigenvalue weighted by Gasteiger charge is -2.52. The van der Waals surface area contributed by atoms with Gasteiger partial charge in [-0.25, -0.2) is 4.79 Å². The summed E-state index contributed by atoms with van der Waals surface area (Å²) in [4.78, 5) is 65.6. The third-order valence-electron chi connectivity index (χ3n) is 25.5. The molecule has 0 spiro atoms. The topological polar surface area (TPSA) is 954 Å². The highest BCUT2D eigenvalue weighted by molar-refractivity contribution is 5.77. The van der Waals surface area contributed by atoms with Gasteiger partial charge in [0, 0.05) is 34.1 Å². The van der Waals surface area contributed by atoms with Gasteiger partial charge in [-0.15, -0.1) is 0 Å². The van der Waals surface area contributed by atoms with Crippen molar-refractivity contribution in [1.29, 1.82) is 0 Å². The Bertz CT molecular complexity index is 3860. The molecule has 11 fully saturated rings. The zero-order chi connectivity index (χ0) is 102. The fraction of sp³-hybridized carbons (Fsp3) is 0.935. The Morgan fingerprint density at radius 3 is 1.18 bits per heavy atom. The van der Waals surface area contributed by atoms with Crippen LogP contribution in [-0.2, 0) is 123 Å². The number of aliphatic hydroxyl groups is 30. The Morgan fingerprint density at radius 2 is 0.652 bits per heavy atom. The van der Waals surface area contributed by atoms with Crippen LogP contribution < -0.4 is 21.3 Å². The van der Waals surface area contributed by atoms with Crippen LogP contribution in [0.1, 0.15) is 48.0 Å². The summed E-state index contributed by atoms with van der Waals surface area (Å²) in [5.74, 6) is -9.57. The highest BCUT2D eigenvalue weighted by Gasteiger charge is 2.65. The fourth-order valence-electron chi connectivity index (χ4n) is 17.9. The summed E-state index contributed by atoms with van der Waals surface area (Å²) < 4.78 is 126. The average molecular weight is 2020 g/mol. The first-order valence-corrected chi connectivity index (χ1v) is 44.0. The first-order chi connectivity index (χ1) is 65.0. The van der Waals surface area contributed by atoms with E-state index in [1.807, 2.05) is 0 Å². The van der Waals surface area contributed by atoms with Crippen molar-refractivity contribution in [3.8, 4) is 0 Å². The van der Waals surface area contributed by atoms with Gasteiger partial charge in [0.1, 0.15) is 250 Å². The summed E-state index contributed by atoms with van der Waals surface area (Å²) in [5.41, 5.74) is 0. The number of carboxylic acid groups (broad SMARTS) is 1. The molecule has 0 radical (unpaired) electrons. The van der Waals surface area contributed by atoms with Gasteiger partial charge < -0.3 is 279 Å². The molecule has 0 aromatic rings. The predicted octanol–water partition coefficient (Wildman–Crippen LogP) is -23.1. The van der Waals surface area contributed by atoms with Gasteiger partial charge in [-0.05, 0) is 13.8 Å². The molecular weight excluding hydrogens is 1890 g/mol. The van der Waals surface area contributed by atoms with Crippen LogP contribution in [0.3, 0.4) is 0 Å². The molecule has 11 aliphatic heterocycles. The molecule has 61 nitrogen and oxygen atoms in total. The predicted molar refractivity (Wildman–Crippen MR) is 423 cm³/mol. The minimum atomic E-state index is -3.40. The Balaban J connectivity index is 0.944. The second kappa shape index (κ2) is 48.8. The fourth-order valence-corrected chi connectivity index (χ4v) is 17.9. The lowest BCUT2D eigenvalue weighted by atomic mass is 9.88. The van der Waals surface area contributed by atoms with Crippen LogP contribution >= 0.6 is 0 Å². The summed E-state index contributed by atoms with van der Waals surface area (Å²) in [6.07, 6.45) is -113. The maximum Gasteiger partial charge on any atom is 0.364 e. The largest absolute Gasteiger partial charge is 0.477 e. The second-order valence-corrected chi connectivity index (χ2v) is 35.2. The number of carboxylic acids is 1. The number of aliphatic hydroxyl groups excluding tert-OH is 30. The van der Waals surface area contributed by atoms with Crippen molar-refractivity contribution in [3.63, 3.8) is 0 Å². The molecule has 4 amide bonds. The molecule has 0 aliphatic carbocycles. The molecule has 0 aromatic carbocycles. The number of aliphatic carboxylic acids is 1. The number of hydrogen-bond acceptors (Lipinski definition) is 56. The molecule has 0 bridgehead atoms. The van der Waals surface area contributed by atoms with Crippen LogP contribution in [0.2, 0.25) is 0 Å². The number of nitrogens with one attached hydrogen (secondary N) is 4. The Morgan fingerprint density at radius 1 is 0.312 bits per heavy atom. The number of ether oxygens (including phenoxy) is 21. The number of hydrogen-bond donors (Lipinski definition) is 35. The zero-order valence-corrected chi connectivity index (χ0v) is 74.3. The molecule has 56 atom stereocenters. The van der Waals surface area contributed by atoms with Crippen molar-refractivity contribution < 1.29 is 282 Å². The SMILES string of the molecule is CC(=O)N[C@@H]1[C@@H](O)[C@H](O[C@H]2O[C@H](CO)[C@@H](O[C@H]3O[C@H](CO[C@H]4O[C@H](CO)[C@@H](O)[C@H](O[C@H]5O[C@H](CO)[C@@H](O)[C@H](O)[C@@H]5O)[C@@H]4O)[C@@H](O)[C@H](O[C@@H]4O[C@H](CO)[C@@H](O)[C@H](O)[C@@H]4O[C@H]4O[C@H](CO)[C@@H](O[C@H]5O[C@H](CO)[C@H](O)[C@H](O[C@]6(C(=O)O)C[C@H](O)[C@@H](NC(C)=O)[C@H]([C@H](O)[C@H](O)CO)O6)[C@H]5O)[C@H](O[C@H]5O[C@H](C)[C@H](O)[C@H](O)[C@H]5O)[C@H]4NC(C)=O)[C@@H]3O)[C@H](O)[C@H]2NC(C)=O)[C@@H](CO[C@H]2O[C@H](C)[C@H](O)[C@H](O)[C@H]2O)O[C@@H]1O. The molecule has 35 N–H and O–H groups in total. The van der Waals surface area contributed by atoms with Crippen LogP contribution in [0.4, 0.5) is 0 Å². The number of amides is 4. The van der Waals surface area contributed by atoms with Gasteiger partial charge in [0.05, 0.1) is 83.8 Å². The maximum atomic E-state index is 13.9. The van der Waals surface area contributed by atoms with Crippen molar-refractivity contribution in [3.05, 3.63) is 0 Å². The van der Waals surface area contributed by atoms with E-state index in [9.17, 15) is 182 Å². The number of rotatable bonds is 36. The molecule has 138 heavy (non-hydrogen) atoms. The lowest BCUT2D eigenvalue weighted by Crippen LogP contribution is -2.72. The molecule has 11 rings (SSSR count). The molecule has 0 unspecified atom stereocenters. The van der Waals surface area contributed by atoms with Crippen molar-refractivity contribution in [2.75, 3.05) is 59.5 Å². The highest BCUT2D eigenvalue weighted by Crippen LogP contribution is 2.44. The van der Waals surface area contributed by atoms with Crippen LogP contribution in [0.15, 0.2) is 0 Å². The van der Waals surface area contributed by atoms with E-state index in [1.165, 1.54) is 6.92 Å². The Hall–Kier alpha value is -4.69. The van der Waals surface area contributed by atoms with E-state index in [-0.39, 0.29) is 0 Å². The normalized spacial score (nSPS) is 49.1. The summed E-state index contributed by atoms with van der Waals surface area (Å²) in [5, 5.41) is 359. The van der Waals surface area contributed by atoms with Crippen molar-refractivity contribution in [2.45, 2.75) is 391 Å². The summed E-state index contributed by atoms with van der Waals surface area (Å²) in [6.45, 7) is -4.81. The highest BCUT2D eigenvalue weighted by atomic mass is 16.8. The van der Waals surface area contributed by atoms with Gasteiger partial charge in [0.15, 0.2) is 62.9 Å². The molecule has 798 valence electrons. The van der Waals surface area contributed by atoms with Crippen LogP contribution in [-0.4, -0.2) is 590 Å². The molecular formula is C77H128N4O57. The van der Waals surface area contributed by atoms with E-state index in [2.05, 4.69) is 21.3 Å². The summed E-state index contributed by atoms with van der Waals surface area (Å²) in [7, 11) is 0. The van der Waals surface area contributed by atoms with Crippen LogP contribution in [0, 0.1) is 0 Å². The van der Waals surface area contributed by atoms with E-state index in [0.29, 0.717) is 0 Å². The van der Waals surface area contributed by atoms with Gasteiger partial charge in [-0.2, -0.15) is 0 Å². The molecule has 11 heterocycles. The van der Waals surface area contributed by atoms with E-state index in [1.54, 1.807) is 0 Å². The van der Waals surface area contributed by atoms with E-state index in [4.69, 9.17) is 99.5 Å². The van der Waals surface area contributed by atoms with Crippen molar-refractivity contribution in [1.82, 2.24) is 21.3 Å². The van der Waals surface area contributed by atoms with E-state index < -0.39 is 439 Å². The van der Waals surface area contributed by atoms with Crippen LogP contribution in [0.5, 0.6) is 0 Å². The standard InChI is InChI=1S/C77H128N4O57/c1-17-37(95)47(105)51(109)69(120-17)119-16-32-58(45(103)34(66(115)122-32)79-20(4)90)130-67-35(80-21(5)91)46(104)57(29(13-87)127-67)131-73-55(113)63(44(102)31(129-73)15-118-70-54(112)62(42(100)27(11-85)123-70)134-72-53(111)49(107)40(98)25(9-83)124-72)135-75-65(50(108)41(99)26(10-84)126-75)136-68-36(81-22(6)92)61(133-71-52(110)48(106)38(96)18(2)121-71)59(30(14-88)128-68)132-74-56(114)64(43(101)28(12-86)125-74)138-77(76(116)117)7-23(93)33(78-19(3)89)60(137-77)39(97)24(94)8-82/h17-18,23-75,82-88,93-115H,7-16H2,1-6H3,(H,78,89)(H,79,90)(H,80,91)(H,81,92)(H,116,117)/t17-,18-,23+,24-,25-,26-,27-,28-,29-,30-,31-,32-,33-,34-,35-,36-,37+,38+,39-,40-,41-,42-,43+,44-,45-,46-,47+,48+,49+,50+,51-,52-,53+,54+,55+,56-,57-,58-,59-,60-,61-,62+,63+,64+,65+,66+,67-,68-,69+,70+,71-,72-,73-,74-,75+,77+/m1/s1. The summed E-state index contributed by atoms with van der Waals surface area (Å²) >= 11 is 0. The molecule has 61 heteroatoms. The van der Waals surface area contributed by atoms with Crippen molar-refractivity contribution >= 4 is 29.6 Å². The molecule has 0 saturated carbocycles. The monoisotopic (exact) mass is 2020 g/mol. The first-order valence-electron chi connectivity index (χ1n) is 44.0. The zero-order valence-electron chi connectivity index (χ0n) is 74.3. The third kappa shape index (κ3) is 24.7. The van der Waals surface area contributed by atoms with Gasteiger partial charge >= 0.3 is 5.97 Å². The number of carbonyl (C=O) groups excluding carboxylic acids is 4. The summed E-state index contributed by atoms with van der Waals surface area (Å²) in [6, 6.07) is -7.93. The maximum absolute atomic E-state index is 13.9. The smallest absolute Gasteiger partial charge is 0.364 e. The third-order valence-corrected chi connectivity index (χ3v) is 25.5. The van der Waals surface area contributed by atoms with Gasteiger partial charge in [-0.3, -0.25) is 19.2 Å². The lowest BCUT2D eigenvalue weighted by molar-refractivity contribution is -0.406. The minimum absolute atomic E-state index is 0.827. The average Bonchev–Trinajstić information content (AvgIpc) is 0.707. The molecule has 11 aliphatic rings. The van der Waals surface area contributed by atoms with Crippen molar-refractivity contribution in [2.24, 2.45) is 0 Å². The Labute approximate surface area is 780 Å². The second-order valence-electron chi connectivity index (χ2n) is 35.2. The quantitative estimate of drug-likeness (QED) is 0.0277.